The Morgan fingerprint density at radius 1 is 1.36 bits per heavy atom. The van der Waals surface area contributed by atoms with Gasteiger partial charge in [-0.2, -0.15) is 0 Å². The van der Waals surface area contributed by atoms with E-state index in [1.165, 1.54) is 11.3 Å². The number of anilines is 1. The van der Waals surface area contributed by atoms with Crippen molar-refractivity contribution in [3.63, 3.8) is 0 Å². The minimum atomic E-state index is 0.108. The smallest absolute Gasteiger partial charge is 0.0895 e. The maximum absolute atomic E-state index is 5.78. The number of hydrogen-bond acceptors (Lipinski definition) is 3. The molecular weight excluding hydrogens is 174 g/mol. The quantitative estimate of drug-likeness (QED) is 0.767. The Morgan fingerprint density at radius 3 is 2.57 bits per heavy atom. The third-order valence-corrected chi connectivity index (χ3v) is 2.44. The van der Waals surface area contributed by atoms with E-state index in [-0.39, 0.29) is 6.04 Å². The zero-order chi connectivity index (χ0) is 9.97. The molecule has 3 nitrogen and oxygen atoms in total. The number of nitrogens with zero attached hydrogens (tertiary/aromatic N) is 2. The average molecular weight is 189 g/mol. The van der Waals surface area contributed by atoms with Gasteiger partial charge in [-0.25, -0.2) is 0 Å². The highest BCUT2D eigenvalue weighted by Crippen LogP contribution is 2.18. The van der Waals surface area contributed by atoms with E-state index in [4.69, 9.17) is 5.73 Å². The molecule has 0 radical (unpaired) electrons. The Bertz CT molecular complexity index is 327. The van der Waals surface area contributed by atoms with E-state index in [0.29, 0.717) is 0 Å². The maximum Gasteiger partial charge on any atom is 0.0895 e. The third kappa shape index (κ3) is 1.77. The van der Waals surface area contributed by atoms with Crippen molar-refractivity contribution in [1.82, 2.24) is 0 Å². The summed E-state index contributed by atoms with van der Waals surface area (Å²) in [6, 6.07) is 8.45. The summed E-state index contributed by atoms with van der Waals surface area (Å²) in [6.45, 7) is 3.87. The lowest BCUT2D eigenvalue weighted by atomic mass is 10.1. The predicted octanol–water partition coefficient (Wildman–Crippen LogP) is 1.55. The Balaban J connectivity index is 2.17. The normalized spacial score (nSPS) is 17.4. The molecule has 2 rings (SSSR count). The molecule has 0 spiro atoms. The Kier molecular flexibility index (Phi) is 2.50. The second-order valence-electron chi connectivity index (χ2n) is 3.60. The zero-order valence-electron chi connectivity index (χ0n) is 8.35. The molecule has 14 heavy (non-hydrogen) atoms. The summed E-state index contributed by atoms with van der Waals surface area (Å²) < 4.78 is 0. The molecule has 0 saturated heterocycles. The van der Waals surface area contributed by atoms with Crippen LogP contribution in [0, 0.1) is 0 Å². The van der Waals surface area contributed by atoms with Gasteiger partial charge in [0.15, 0.2) is 0 Å². The van der Waals surface area contributed by atoms with Crippen LogP contribution in [0.5, 0.6) is 0 Å². The van der Waals surface area contributed by atoms with Crippen LogP contribution in [0.15, 0.2) is 29.3 Å². The van der Waals surface area contributed by atoms with Gasteiger partial charge in [0.05, 0.1) is 12.9 Å². The van der Waals surface area contributed by atoms with Gasteiger partial charge in [0.2, 0.25) is 0 Å². The molecule has 74 valence electrons. The average Bonchev–Trinajstić information content (AvgIpc) is 2.71. The lowest BCUT2D eigenvalue weighted by molar-refractivity contribution is 0.818. The van der Waals surface area contributed by atoms with Gasteiger partial charge in [-0.3, -0.25) is 4.99 Å². The van der Waals surface area contributed by atoms with E-state index in [1.54, 1.807) is 0 Å². The topological polar surface area (TPSA) is 41.6 Å². The first-order valence-corrected chi connectivity index (χ1v) is 4.89. The molecule has 0 saturated carbocycles. The van der Waals surface area contributed by atoms with Gasteiger partial charge in [0.25, 0.3) is 0 Å². The van der Waals surface area contributed by atoms with Gasteiger partial charge in [0.1, 0.15) is 0 Å². The highest BCUT2D eigenvalue weighted by molar-refractivity contribution is 5.80. The predicted molar refractivity (Wildman–Crippen MR) is 59.7 cm³/mol. The Morgan fingerprint density at radius 2 is 2.07 bits per heavy atom. The highest BCUT2D eigenvalue weighted by atomic mass is 15.2. The summed E-state index contributed by atoms with van der Waals surface area (Å²) >= 11 is 0. The van der Waals surface area contributed by atoms with E-state index in [2.05, 4.69) is 34.2 Å². The fourth-order valence-electron chi connectivity index (χ4n) is 1.54. The third-order valence-electron chi connectivity index (χ3n) is 2.44. The van der Waals surface area contributed by atoms with Crippen molar-refractivity contribution in [1.29, 1.82) is 0 Å². The first-order valence-electron chi connectivity index (χ1n) is 4.89. The molecule has 1 atom stereocenters. The molecule has 1 unspecified atom stereocenters. The summed E-state index contributed by atoms with van der Waals surface area (Å²) in [5.74, 6) is 0. The second-order valence-corrected chi connectivity index (χ2v) is 3.60. The molecule has 3 heteroatoms. The van der Waals surface area contributed by atoms with Gasteiger partial charge >= 0.3 is 0 Å². The van der Waals surface area contributed by atoms with E-state index < -0.39 is 0 Å². The summed E-state index contributed by atoms with van der Waals surface area (Å²) in [5, 5.41) is 0. The van der Waals surface area contributed by atoms with Gasteiger partial charge in [-0.1, -0.05) is 12.1 Å². The molecule has 1 aliphatic heterocycles. The molecule has 2 N–H and O–H groups in total. The van der Waals surface area contributed by atoms with Crippen LogP contribution in [-0.4, -0.2) is 19.4 Å². The Hall–Kier alpha value is -1.35. The number of aliphatic imine (C=N–C) groups is 1. The minimum absolute atomic E-state index is 0.108. The molecule has 0 bridgehead atoms. The minimum Gasteiger partial charge on any atom is -0.331 e. The summed E-state index contributed by atoms with van der Waals surface area (Å²) in [7, 11) is 0. The standard InChI is InChI=1S/C11H15N3/c1-9(12)10-2-4-11(5-3-10)14-7-6-13-8-14/h2-5,8-9H,6-7,12H2,1H3. The van der Waals surface area contributed by atoms with Crippen LogP contribution in [0.25, 0.3) is 0 Å². The van der Waals surface area contributed by atoms with Crippen LogP contribution in [0.2, 0.25) is 0 Å². The molecule has 1 heterocycles. The van der Waals surface area contributed by atoms with Crippen molar-refractivity contribution in [3.05, 3.63) is 29.8 Å². The monoisotopic (exact) mass is 189 g/mol. The molecule has 0 aliphatic carbocycles. The van der Waals surface area contributed by atoms with Crippen LogP contribution < -0.4 is 10.6 Å². The van der Waals surface area contributed by atoms with Crippen LogP contribution in [0.1, 0.15) is 18.5 Å². The molecule has 1 aromatic carbocycles. The maximum atomic E-state index is 5.78. The van der Waals surface area contributed by atoms with Gasteiger partial charge in [0, 0.05) is 18.3 Å². The van der Waals surface area contributed by atoms with E-state index in [0.717, 1.165) is 13.1 Å². The molecule has 1 aliphatic rings. The zero-order valence-corrected chi connectivity index (χ0v) is 8.35. The number of rotatable bonds is 2. The van der Waals surface area contributed by atoms with Gasteiger partial charge in [-0.05, 0) is 24.6 Å². The SMILES string of the molecule is CC(N)c1ccc(N2C=NCC2)cc1. The Labute approximate surface area is 84.2 Å². The summed E-state index contributed by atoms with van der Waals surface area (Å²) in [4.78, 5) is 6.32. The van der Waals surface area contributed by atoms with Crippen molar-refractivity contribution in [2.75, 3.05) is 18.0 Å². The second kappa shape index (κ2) is 3.80. The number of nitrogens with two attached hydrogens (primary N) is 1. The van der Waals surface area contributed by atoms with E-state index in [1.807, 2.05) is 13.3 Å². The van der Waals surface area contributed by atoms with E-state index in [9.17, 15) is 0 Å². The van der Waals surface area contributed by atoms with Crippen molar-refractivity contribution >= 4 is 12.0 Å². The van der Waals surface area contributed by atoms with Crippen molar-refractivity contribution in [2.24, 2.45) is 10.7 Å². The van der Waals surface area contributed by atoms with Gasteiger partial charge in [-0.15, -0.1) is 0 Å². The number of hydrogen-bond donors (Lipinski definition) is 1. The molecule has 0 amide bonds. The first kappa shape index (κ1) is 9.21. The largest absolute Gasteiger partial charge is 0.331 e. The lowest BCUT2D eigenvalue weighted by Crippen LogP contribution is -2.18. The van der Waals surface area contributed by atoms with Crippen LogP contribution >= 0.6 is 0 Å². The number of benzene rings is 1. The fraction of sp³-hybridized carbons (Fsp3) is 0.364. The van der Waals surface area contributed by atoms with E-state index >= 15 is 0 Å². The fourth-order valence-corrected chi connectivity index (χ4v) is 1.54. The van der Waals surface area contributed by atoms with Crippen molar-refractivity contribution in [3.8, 4) is 0 Å². The molecule has 0 aromatic heterocycles. The summed E-state index contributed by atoms with van der Waals surface area (Å²) in [5.41, 5.74) is 8.14. The molecule has 1 aromatic rings. The van der Waals surface area contributed by atoms with Crippen LogP contribution in [0.4, 0.5) is 5.69 Å². The lowest BCUT2D eigenvalue weighted by Gasteiger charge is -2.14. The van der Waals surface area contributed by atoms with Gasteiger partial charge < -0.3 is 10.6 Å². The first-order chi connectivity index (χ1) is 6.77. The van der Waals surface area contributed by atoms with Crippen molar-refractivity contribution in [2.45, 2.75) is 13.0 Å². The molecule has 0 fully saturated rings. The van der Waals surface area contributed by atoms with Crippen molar-refractivity contribution < 1.29 is 0 Å². The van der Waals surface area contributed by atoms with Crippen LogP contribution in [-0.2, 0) is 0 Å². The summed E-state index contributed by atoms with van der Waals surface area (Å²) in [6.07, 6.45) is 1.89. The highest BCUT2D eigenvalue weighted by Gasteiger charge is 2.07. The van der Waals surface area contributed by atoms with Crippen LogP contribution in [0.3, 0.4) is 0 Å². The molecular formula is C11H15N3.